The minimum Gasteiger partial charge on any atom is -0.339 e. The summed E-state index contributed by atoms with van der Waals surface area (Å²) in [5.74, 6) is -0.236. The van der Waals surface area contributed by atoms with Crippen LogP contribution in [0.3, 0.4) is 0 Å². The van der Waals surface area contributed by atoms with Crippen LogP contribution >= 0.6 is 11.3 Å². The molecule has 3 aliphatic rings. The van der Waals surface area contributed by atoms with Crippen LogP contribution in [0, 0.1) is 5.92 Å². The topological polar surface area (TPSA) is 82.6 Å². The number of nitrogens with zero attached hydrogens (tertiary/aromatic N) is 3. The number of urea groups is 1. The van der Waals surface area contributed by atoms with Gasteiger partial charge in [-0.05, 0) is 62.1 Å². The maximum Gasteiger partial charge on any atom is 0.325 e. The van der Waals surface area contributed by atoms with Crippen molar-refractivity contribution < 1.29 is 14.4 Å². The number of carbonyl (C=O) groups is 3. The highest BCUT2D eigenvalue weighted by molar-refractivity contribution is 7.09. The van der Waals surface area contributed by atoms with Gasteiger partial charge < -0.3 is 10.2 Å². The highest BCUT2D eigenvalue weighted by Crippen LogP contribution is 2.41. The van der Waals surface area contributed by atoms with E-state index in [2.05, 4.69) is 16.4 Å². The summed E-state index contributed by atoms with van der Waals surface area (Å²) in [6, 6.07) is 9.11. The standard InChI is InChI=1S/C25H28N4O3S/c30-22(18-6-1-2-7-18)28-14-10-19(11-15-28)25(21-9-3-4-13-26-21)23(31)29(24(32)27-25)16-12-20-8-5-17-33-20/h3-6,8-9,13,17,19H,1-2,7,10-12,14-16H2,(H,27,32). The molecule has 0 saturated carbocycles. The number of thiophene rings is 1. The van der Waals surface area contributed by atoms with Crippen molar-refractivity contribution in [3.63, 3.8) is 0 Å². The molecule has 1 atom stereocenters. The minimum absolute atomic E-state index is 0.122. The van der Waals surface area contributed by atoms with Crippen molar-refractivity contribution in [1.29, 1.82) is 0 Å². The summed E-state index contributed by atoms with van der Waals surface area (Å²) in [6.07, 6.45) is 8.50. The lowest BCUT2D eigenvalue weighted by molar-refractivity contribution is -0.135. The van der Waals surface area contributed by atoms with Crippen LogP contribution < -0.4 is 5.32 Å². The first kappa shape index (κ1) is 21.8. The van der Waals surface area contributed by atoms with E-state index in [0.717, 1.165) is 29.7 Å². The first-order valence-corrected chi connectivity index (χ1v) is 12.5. The number of nitrogens with one attached hydrogen (secondary N) is 1. The van der Waals surface area contributed by atoms with Gasteiger partial charge in [-0.3, -0.25) is 19.5 Å². The van der Waals surface area contributed by atoms with Gasteiger partial charge in [-0.15, -0.1) is 11.3 Å². The van der Waals surface area contributed by atoms with Crippen LogP contribution in [-0.2, 0) is 21.5 Å². The molecule has 2 fully saturated rings. The molecule has 4 amide bonds. The van der Waals surface area contributed by atoms with Crippen molar-refractivity contribution in [2.45, 2.75) is 44.1 Å². The Morgan fingerprint density at radius 1 is 1.18 bits per heavy atom. The molecule has 1 unspecified atom stereocenters. The third kappa shape index (κ3) is 3.97. The van der Waals surface area contributed by atoms with Gasteiger partial charge in [-0.2, -0.15) is 0 Å². The van der Waals surface area contributed by atoms with E-state index >= 15 is 0 Å². The molecule has 5 rings (SSSR count). The monoisotopic (exact) mass is 464 g/mol. The number of imide groups is 1. The number of rotatable bonds is 6. The Morgan fingerprint density at radius 3 is 2.70 bits per heavy atom. The molecule has 7 nitrogen and oxygen atoms in total. The zero-order chi connectivity index (χ0) is 22.8. The molecule has 0 spiro atoms. The van der Waals surface area contributed by atoms with Gasteiger partial charge in [0, 0.05) is 42.2 Å². The summed E-state index contributed by atoms with van der Waals surface area (Å²) in [5, 5.41) is 5.04. The van der Waals surface area contributed by atoms with Crippen LogP contribution in [0.15, 0.2) is 53.6 Å². The normalized spacial score (nSPS) is 23.7. The number of hydrogen-bond donors (Lipinski definition) is 1. The number of carbonyl (C=O) groups excluding carboxylic acids is 3. The fourth-order valence-corrected chi connectivity index (χ4v) is 6.01. The third-order valence-electron chi connectivity index (χ3n) is 7.07. The Kier molecular flexibility index (Phi) is 6.01. The number of aromatic nitrogens is 1. The number of hydrogen-bond acceptors (Lipinski definition) is 5. The van der Waals surface area contributed by atoms with Crippen molar-refractivity contribution in [1.82, 2.24) is 20.1 Å². The molecular weight excluding hydrogens is 436 g/mol. The molecule has 0 radical (unpaired) electrons. The fraction of sp³-hybridized carbons (Fsp3) is 0.440. The van der Waals surface area contributed by atoms with Gasteiger partial charge in [0.25, 0.3) is 5.91 Å². The smallest absolute Gasteiger partial charge is 0.325 e. The summed E-state index contributed by atoms with van der Waals surface area (Å²) in [7, 11) is 0. The molecule has 2 aliphatic heterocycles. The molecule has 0 aromatic carbocycles. The molecule has 172 valence electrons. The number of likely N-dealkylation sites (tertiary alicyclic amines) is 1. The van der Waals surface area contributed by atoms with Crippen LogP contribution in [-0.4, -0.2) is 52.3 Å². The van der Waals surface area contributed by atoms with Gasteiger partial charge in [0.05, 0.1) is 5.69 Å². The maximum absolute atomic E-state index is 13.8. The van der Waals surface area contributed by atoms with Crippen molar-refractivity contribution in [2.75, 3.05) is 19.6 Å². The van der Waals surface area contributed by atoms with Gasteiger partial charge in [-0.25, -0.2) is 4.79 Å². The molecule has 2 saturated heterocycles. The Morgan fingerprint density at radius 2 is 2.03 bits per heavy atom. The predicted octanol–water partition coefficient (Wildman–Crippen LogP) is 3.48. The van der Waals surface area contributed by atoms with Crippen LogP contribution in [0.1, 0.15) is 42.7 Å². The number of amides is 4. The average molecular weight is 465 g/mol. The SMILES string of the molecule is O=C(C1=CCCC1)N1CCC(C2(c3ccccn3)NC(=O)N(CCc3cccs3)C2=O)CC1. The van der Waals surface area contributed by atoms with Crippen LogP contribution in [0.4, 0.5) is 4.79 Å². The van der Waals surface area contributed by atoms with E-state index in [-0.39, 0.29) is 23.8 Å². The number of allylic oxidation sites excluding steroid dienone is 1. The molecule has 4 heterocycles. The number of pyridine rings is 1. The lowest BCUT2D eigenvalue weighted by Crippen LogP contribution is -2.54. The molecule has 33 heavy (non-hydrogen) atoms. The molecular formula is C25H28N4O3S. The molecule has 0 bridgehead atoms. The second-order valence-corrected chi connectivity index (χ2v) is 9.96. The van der Waals surface area contributed by atoms with E-state index in [1.54, 1.807) is 17.5 Å². The molecule has 2 aromatic heterocycles. The van der Waals surface area contributed by atoms with Crippen LogP contribution in [0.25, 0.3) is 0 Å². The van der Waals surface area contributed by atoms with Gasteiger partial charge in [0.15, 0.2) is 5.54 Å². The Hall–Kier alpha value is -3.00. The molecule has 2 aromatic rings. The lowest BCUT2D eigenvalue weighted by atomic mass is 9.75. The van der Waals surface area contributed by atoms with Gasteiger partial charge in [0.1, 0.15) is 0 Å². The third-order valence-corrected chi connectivity index (χ3v) is 8.01. The van der Waals surface area contributed by atoms with E-state index < -0.39 is 5.54 Å². The van der Waals surface area contributed by atoms with Crippen molar-refractivity contribution >= 4 is 29.2 Å². The second kappa shape index (κ2) is 9.09. The average Bonchev–Trinajstić information content (AvgIpc) is 3.61. The predicted molar refractivity (Wildman–Crippen MR) is 125 cm³/mol. The molecule has 8 heteroatoms. The van der Waals surface area contributed by atoms with Gasteiger partial charge in [0.2, 0.25) is 5.91 Å². The van der Waals surface area contributed by atoms with E-state index in [4.69, 9.17) is 0 Å². The van der Waals surface area contributed by atoms with E-state index in [1.807, 2.05) is 40.6 Å². The lowest BCUT2D eigenvalue weighted by Gasteiger charge is -2.40. The quantitative estimate of drug-likeness (QED) is 0.664. The van der Waals surface area contributed by atoms with Crippen molar-refractivity contribution in [2.24, 2.45) is 5.92 Å². The van der Waals surface area contributed by atoms with Gasteiger partial charge in [-0.1, -0.05) is 18.2 Å². The fourth-order valence-electron chi connectivity index (χ4n) is 5.31. The van der Waals surface area contributed by atoms with Crippen LogP contribution in [0.2, 0.25) is 0 Å². The Balaban J connectivity index is 1.37. The largest absolute Gasteiger partial charge is 0.339 e. The summed E-state index contributed by atoms with van der Waals surface area (Å²) in [5.41, 5.74) is 0.304. The maximum atomic E-state index is 13.8. The number of piperidine rings is 1. The Bertz CT molecular complexity index is 1060. The van der Waals surface area contributed by atoms with Crippen molar-refractivity contribution in [3.05, 3.63) is 64.1 Å². The van der Waals surface area contributed by atoms with Gasteiger partial charge >= 0.3 is 6.03 Å². The highest BCUT2D eigenvalue weighted by atomic mass is 32.1. The summed E-state index contributed by atoms with van der Waals surface area (Å²) in [4.78, 5) is 48.6. The summed E-state index contributed by atoms with van der Waals surface area (Å²) >= 11 is 1.62. The zero-order valence-corrected chi connectivity index (χ0v) is 19.4. The van der Waals surface area contributed by atoms with Crippen LogP contribution in [0.5, 0.6) is 0 Å². The van der Waals surface area contributed by atoms with E-state index in [1.165, 1.54) is 4.90 Å². The summed E-state index contributed by atoms with van der Waals surface area (Å²) < 4.78 is 0. The first-order valence-electron chi connectivity index (χ1n) is 11.7. The Labute approximate surface area is 197 Å². The second-order valence-electron chi connectivity index (χ2n) is 8.93. The first-order chi connectivity index (χ1) is 16.1. The van der Waals surface area contributed by atoms with E-state index in [9.17, 15) is 14.4 Å². The highest BCUT2D eigenvalue weighted by Gasteiger charge is 2.58. The zero-order valence-electron chi connectivity index (χ0n) is 18.5. The van der Waals surface area contributed by atoms with E-state index in [0.29, 0.717) is 44.6 Å². The molecule has 1 aliphatic carbocycles. The van der Waals surface area contributed by atoms with Crippen molar-refractivity contribution in [3.8, 4) is 0 Å². The molecule has 1 N–H and O–H groups in total. The minimum atomic E-state index is -1.18. The summed E-state index contributed by atoms with van der Waals surface area (Å²) in [6.45, 7) is 1.49.